The van der Waals surface area contributed by atoms with Gasteiger partial charge < -0.3 is 9.47 Å². The summed E-state index contributed by atoms with van der Waals surface area (Å²) in [5, 5.41) is 0. The van der Waals surface area contributed by atoms with Crippen molar-refractivity contribution < 1.29 is 17.9 Å². The molecule has 2 aliphatic rings. The van der Waals surface area contributed by atoms with Gasteiger partial charge in [0, 0.05) is 19.4 Å². The molecule has 0 bridgehead atoms. The minimum absolute atomic E-state index is 0.167. The van der Waals surface area contributed by atoms with Gasteiger partial charge in [0.2, 0.25) is 10.0 Å². The molecule has 0 saturated carbocycles. The third-order valence-corrected chi connectivity index (χ3v) is 5.61. The van der Waals surface area contributed by atoms with E-state index in [9.17, 15) is 8.42 Å². The Bertz CT molecular complexity index is 822. The molecule has 2 aliphatic heterocycles. The molecule has 120 valence electrons. The summed E-state index contributed by atoms with van der Waals surface area (Å²) in [6.07, 6.45) is 1.30. The molecule has 0 saturated heterocycles. The molecule has 0 spiro atoms. The Hall–Kier alpha value is -2.05. The minimum atomic E-state index is -3.54. The molecular formula is C17H17NO4S. The standard InChI is InChI=1S/C17H17NO4S/c19-23(20,15-5-6-16-13(10-15)7-8-21-16)18-11-14-9-12-3-1-2-4-17(12)22-14/h1-6,10,14,18H,7-9,11H2. The molecule has 23 heavy (non-hydrogen) atoms. The van der Waals surface area contributed by atoms with Crippen LogP contribution in [0.5, 0.6) is 11.5 Å². The van der Waals surface area contributed by atoms with Gasteiger partial charge in [-0.2, -0.15) is 0 Å². The predicted octanol–water partition coefficient (Wildman–Crippen LogP) is 1.90. The molecule has 0 aromatic heterocycles. The van der Waals surface area contributed by atoms with E-state index < -0.39 is 10.0 Å². The first-order valence-corrected chi connectivity index (χ1v) is 9.10. The van der Waals surface area contributed by atoms with Gasteiger partial charge in [0.15, 0.2) is 0 Å². The lowest BCUT2D eigenvalue weighted by atomic mass is 10.1. The van der Waals surface area contributed by atoms with Crippen LogP contribution in [0.2, 0.25) is 0 Å². The van der Waals surface area contributed by atoms with Crippen LogP contribution in [0.3, 0.4) is 0 Å². The van der Waals surface area contributed by atoms with E-state index in [0.29, 0.717) is 6.61 Å². The summed E-state index contributed by atoms with van der Waals surface area (Å²) in [5.74, 6) is 1.62. The van der Waals surface area contributed by atoms with Crippen LogP contribution in [0.25, 0.3) is 0 Å². The Labute approximate surface area is 135 Å². The fourth-order valence-corrected chi connectivity index (χ4v) is 4.10. The number of rotatable bonds is 4. The van der Waals surface area contributed by atoms with Gasteiger partial charge in [0.25, 0.3) is 0 Å². The number of ether oxygens (including phenoxy) is 2. The smallest absolute Gasteiger partial charge is 0.240 e. The highest BCUT2D eigenvalue weighted by atomic mass is 32.2. The summed E-state index contributed by atoms with van der Waals surface area (Å²) in [7, 11) is -3.54. The van der Waals surface area contributed by atoms with Crippen molar-refractivity contribution in [3.63, 3.8) is 0 Å². The maximum atomic E-state index is 12.5. The maximum absolute atomic E-state index is 12.5. The van der Waals surface area contributed by atoms with Gasteiger partial charge in [0.05, 0.1) is 11.5 Å². The summed E-state index contributed by atoms with van der Waals surface area (Å²) < 4.78 is 38.7. The predicted molar refractivity (Wildman–Crippen MR) is 85.4 cm³/mol. The fourth-order valence-electron chi connectivity index (χ4n) is 2.98. The molecule has 5 nitrogen and oxygen atoms in total. The summed E-state index contributed by atoms with van der Waals surface area (Å²) in [5.41, 5.74) is 2.06. The molecular weight excluding hydrogens is 314 g/mol. The molecule has 1 N–H and O–H groups in total. The van der Waals surface area contributed by atoms with E-state index in [1.165, 1.54) is 0 Å². The first-order valence-electron chi connectivity index (χ1n) is 7.62. The average Bonchev–Trinajstić information content (AvgIpc) is 3.18. The second-order valence-electron chi connectivity index (χ2n) is 5.77. The Morgan fingerprint density at radius 2 is 1.96 bits per heavy atom. The lowest BCUT2D eigenvalue weighted by Gasteiger charge is -2.13. The van der Waals surface area contributed by atoms with Crippen LogP contribution < -0.4 is 14.2 Å². The molecule has 2 aromatic rings. The van der Waals surface area contributed by atoms with E-state index in [1.54, 1.807) is 18.2 Å². The van der Waals surface area contributed by atoms with E-state index in [2.05, 4.69) is 4.72 Å². The lowest BCUT2D eigenvalue weighted by molar-refractivity contribution is 0.236. The molecule has 6 heteroatoms. The van der Waals surface area contributed by atoms with Crippen LogP contribution in [0.1, 0.15) is 11.1 Å². The number of nitrogens with one attached hydrogen (secondary N) is 1. The summed E-state index contributed by atoms with van der Waals surface area (Å²) >= 11 is 0. The van der Waals surface area contributed by atoms with Crippen LogP contribution in [0.4, 0.5) is 0 Å². The molecule has 0 aliphatic carbocycles. The van der Waals surface area contributed by atoms with Crippen molar-refractivity contribution in [2.75, 3.05) is 13.2 Å². The second-order valence-corrected chi connectivity index (χ2v) is 7.54. The highest BCUT2D eigenvalue weighted by Gasteiger charge is 2.25. The van der Waals surface area contributed by atoms with Crippen molar-refractivity contribution in [1.29, 1.82) is 0 Å². The zero-order valence-electron chi connectivity index (χ0n) is 12.5. The van der Waals surface area contributed by atoms with Crippen molar-refractivity contribution >= 4 is 10.0 Å². The van der Waals surface area contributed by atoms with Gasteiger partial charge >= 0.3 is 0 Å². The molecule has 1 atom stereocenters. The zero-order chi connectivity index (χ0) is 15.9. The van der Waals surface area contributed by atoms with Gasteiger partial charge in [-0.3, -0.25) is 0 Å². The molecule has 2 heterocycles. The molecule has 2 aromatic carbocycles. The summed E-state index contributed by atoms with van der Waals surface area (Å²) in [4.78, 5) is 0.275. The van der Waals surface area contributed by atoms with Gasteiger partial charge in [-0.1, -0.05) is 18.2 Å². The van der Waals surface area contributed by atoms with Crippen LogP contribution >= 0.6 is 0 Å². The Morgan fingerprint density at radius 1 is 1.09 bits per heavy atom. The van der Waals surface area contributed by atoms with E-state index in [4.69, 9.17) is 9.47 Å². The van der Waals surface area contributed by atoms with Crippen molar-refractivity contribution in [2.24, 2.45) is 0 Å². The monoisotopic (exact) mass is 331 g/mol. The number of hydrogen-bond donors (Lipinski definition) is 1. The summed E-state index contributed by atoms with van der Waals surface area (Å²) in [6.45, 7) is 0.866. The Balaban J connectivity index is 1.45. The number of para-hydroxylation sites is 1. The average molecular weight is 331 g/mol. The fraction of sp³-hybridized carbons (Fsp3) is 0.294. The van der Waals surface area contributed by atoms with Crippen LogP contribution in [-0.2, 0) is 22.9 Å². The first-order chi connectivity index (χ1) is 11.1. The third kappa shape index (κ3) is 2.80. The first kappa shape index (κ1) is 14.5. The van der Waals surface area contributed by atoms with Gasteiger partial charge in [-0.15, -0.1) is 0 Å². The highest BCUT2D eigenvalue weighted by molar-refractivity contribution is 7.89. The largest absolute Gasteiger partial charge is 0.493 e. The van der Waals surface area contributed by atoms with Crippen LogP contribution in [-0.4, -0.2) is 27.7 Å². The quantitative estimate of drug-likeness (QED) is 0.929. The van der Waals surface area contributed by atoms with Gasteiger partial charge in [-0.25, -0.2) is 13.1 Å². The van der Waals surface area contributed by atoms with Crippen molar-refractivity contribution in [3.05, 3.63) is 53.6 Å². The Morgan fingerprint density at radius 3 is 2.83 bits per heavy atom. The lowest BCUT2D eigenvalue weighted by Crippen LogP contribution is -2.34. The molecule has 4 rings (SSSR count). The number of sulfonamides is 1. The molecule has 0 amide bonds. The van der Waals surface area contributed by atoms with Gasteiger partial charge in [0.1, 0.15) is 17.6 Å². The van der Waals surface area contributed by atoms with Crippen LogP contribution in [0, 0.1) is 0 Å². The van der Waals surface area contributed by atoms with Crippen molar-refractivity contribution in [1.82, 2.24) is 4.72 Å². The van der Waals surface area contributed by atoms with E-state index in [-0.39, 0.29) is 17.5 Å². The van der Waals surface area contributed by atoms with Crippen LogP contribution in [0.15, 0.2) is 47.4 Å². The SMILES string of the molecule is O=S(=O)(NCC1Cc2ccccc2O1)c1ccc2c(c1)CCO2. The maximum Gasteiger partial charge on any atom is 0.240 e. The highest BCUT2D eigenvalue weighted by Crippen LogP contribution is 2.29. The topological polar surface area (TPSA) is 64.6 Å². The number of fused-ring (bicyclic) bond motifs is 2. The Kier molecular flexibility index (Phi) is 3.50. The van der Waals surface area contributed by atoms with E-state index >= 15 is 0 Å². The minimum Gasteiger partial charge on any atom is -0.493 e. The van der Waals surface area contributed by atoms with E-state index in [1.807, 2.05) is 24.3 Å². The number of benzene rings is 2. The van der Waals surface area contributed by atoms with Gasteiger partial charge in [-0.05, 0) is 35.4 Å². The number of hydrogen-bond acceptors (Lipinski definition) is 4. The van der Waals surface area contributed by atoms with E-state index in [0.717, 1.165) is 35.5 Å². The van der Waals surface area contributed by atoms with Crippen molar-refractivity contribution in [2.45, 2.75) is 23.8 Å². The van der Waals surface area contributed by atoms with Crippen molar-refractivity contribution in [3.8, 4) is 11.5 Å². The normalized spacial score (nSPS) is 18.9. The molecule has 1 unspecified atom stereocenters. The molecule has 0 radical (unpaired) electrons. The molecule has 0 fully saturated rings. The zero-order valence-corrected chi connectivity index (χ0v) is 13.3. The summed E-state index contributed by atoms with van der Waals surface area (Å²) in [6, 6.07) is 12.8. The second kappa shape index (κ2) is 5.54. The third-order valence-electron chi connectivity index (χ3n) is 4.19.